The first-order chi connectivity index (χ1) is 9.58. The summed E-state index contributed by atoms with van der Waals surface area (Å²) < 4.78 is 0. The maximum absolute atomic E-state index is 12.2. The highest BCUT2D eigenvalue weighted by Crippen LogP contribution is 2.29. The molecule has 2 aromatic rings. The monoisotopic (exact) mass is 266 g/mol. The molecule has 1 nitrogen and oxygen atoms in total. The first-order valence-electron chi connectivity index (χ1n) is 7.22. The minimum atomic E-state index is 0.0895. The highest BCUT2D eigenvalue weighted by Gasteiger charge is 2.19. The summed E-state index contributed by atoms with van der Waals surface area (Å²) in [6.45, 7) is 6.03. The van der Waals surface area contributed by atoms with Gasteiger partial charge in [-0.3, -0.25) is 4.79 Å². The van der Waals surface area contributed by atoms with Crippen LogP contribution in [0.25, 0.3) is 0 Å². The summed E-state index contributed by atoms with van der Waals surface area (Å²) in [6, 6.07) is 18.8. The number of hydrogen-bond donors (Lipinski definition) is 0. The van der Waals surface area contributed by atoms with E-state index in [1.54, 1.807) is 0 Å². The van der Waals surface area contributed by atoms with Gasteiger partial charge in [0, 0.05) is 18.3 Å². The fraction of sp³-hybridized carbons (Fsp3) is 0.316. The van der Waals surface area contributed by atoms with Crippen molar-refractivity contribution < 1.29 is 4.79 Å². The second-order valence-corrected chi connectivity index (χ2v) is 5.70. The van der Waals surface area contributed by atoms with E-state index >= 15 is 0 Å². The molecule has 2 aromatic carbocycles. The lowest BCUT2D eigenvalue weighted by Gasteiger charge is -2.18. The lowest BCUT2D eigenvalue weighted by atomic mass is 9.85. The van der Waals surface area contributed by atoms with Gasteiger partial charge in [0.05, 0.1) is 0 Å². The van der Waals surface area contributed by atoms with Crippen LogP contribution >= 0.6 is 0 Å². The Balaban J connectivity index is 2.34. The van der Waals surface area contributed by atoms with Gasteiger partial charge in [-0.25, -0.2) is 0 Å². The molecular formula is C19H22O. The predicted molar refractivity (Wildman–Crippen MR) is 83.9 cm³/mol. The number of hydrogen-bond acceptors (Lipinski definition) is 1. The average molecular weight is 266 g/mol. The van der Waals surface area contributed by atoms with Crippen LogP contribution < -0.4 is 0 Å². The van der Waals surface area contributed by atoms with E-state index in [0.29, 0.717) is 12.2 Å². The van der Waals surface area contributed by atoms with E-state index in [1.165, 1.54) is 16.7 Å². The minimum Gasteiger partial charge on any atom is -0.299 e. The van der Waals surface area contributed by atoms with Gasteiger partial charge >= 0.3 is 0 Å². The van der Waals surface area contributed by atoms with Gasteiger partial charge in [0.2, 0.25) is 0 Å². The standard InChI is InChI=1S/C19H22O/c1-14(2)19(20)13-18(16-7-5-4-6-8-16)17-11-9-15(3)10-12-17/h4-12,14,18H,13H2,1-3H3/t18-/m0/s1. The lowest BCUT2D eigenvalue weighted by molar-refractivity contribution is -0.122. The van der Waals surface area contributed by atoms with Crippen molar-refractivity contribution in [3.63, 3.8) is 0 Å². The normalized spacial score (nSPS) is 12.4. The number of ketones is 1. The number of carbonyl (C=O) groups excluding carboxylic acids is 1. The van der Waals surface area contributed by atoms with Crippen LogP contribution in [0.1, 0.15) is 42.9 Å². The molecule has 0 saturated carbocycles. The summed E-state index contributed by atoms with van der Waals surface area (Å²) in [5, 5.41) is 0. The highest BCUT2D eigenvalue weighted by molar-refractivity contribution is 5.81. The molecule has 0 saturated heterocycles. The number of rotatable bonds is 5. The molecule has 0 amide bonds. The summed E-state index contributed by atoms with van der Waals surface area (Å²) >= 11 is 0. The first kappa shape index (κ1) is 14.5. The molecule has 2 rings (SSSR count). The van der Waals surface area contributed by atoms with E-state index < -0.39 is 0 Å². The van der Waals surface area contributed by atoms with Gasteiger partial charge in [0.1, 0.15) is 5.78 Å². The smallest absolute Gasteiger partial charge is 0.136 e. The number of Topliss-reactive ketones (excluding diaryl/α,β-unsaturated/α-hetero) is 1. The molecule has 20 heavy (non-hydrogen) atoms. The summed E-state index contributed by atoms with van der Waals surface area (Å²) in [7, 11) is 0. The van der Waals surface area contributed by atoms with Gasteiger partial charge in [-0.1, -0.05) is 74.0 Å². The molecule has 0 fully saturated rings. The topological polar surface area (TPSA) is 17.1 Å². The molecule has 1 atom stereocenters. The van der Waals surface area contributed by atoms with Crippen molar-refractivity contribution in [2.24, 2.45) is 5.92 Å². The lowest BCUT2D eigenvalue weighted by Crippen LogP contribution is -2.13. The van der Waals surface area contributed by atoms with Crippen molar-refractivity contribution in [2.45, 2.75) is 33.1 Å². The number of aryl methyl sites for hydroxylation is 1. The molecule has 0 heterocycles. The summed E-state index contributed by atoms with van der Waals surface area (Å²) in [4.78, 5) is 12.2. The van der Waals surface area contributed by atoms with Gasteiger partial charge in [0.25, 0.3) is 0 Å². The molecule has 0 bridgehead atoms. The summed E-state index contributed by atoms with van der Waals surface area (Å²) in [5.74, 6) is 0.567. The fourth-order valence-corrected chi connectivity index (χ4v) is 2.35. The van der Waals surface area contributed by atoms with Crippen LogP contribution in [0.3, 0.4) is 0 Å². The van der Waals surface area contributed by atoms with E-state index in [2.05, 4.69) is 43.3 Å². The van der Waals surface area contributed by atoms with Crippen LogP contribution in [0.4, 0.5) is 0 Å². The molecule has 0 radical (unpaired) electrons. The van der Waals surface area contributed by atoms with Crippen molar-refractivity contribution in [3.05, 3.63) is 71.3 Å². The van der Waals surface area contributed by atoms with E-state index in [9.17, 15) is 4.79 Å². The maximum Gasteiger partial charge on any atom is 0.136 e. The molecule has 0 aliphatic carbocycles. The van der Waals surface area contributed by atoms with Crippen molar-refractivity contribution >= 4 is 5.78 Å². The second-order valence-electron chi connectivity index (χ2n) is 5.70. The van der Waals surface area contributed by atoms with Crippen molar-refractivity contribution in [2.75, 3.05) is 0 Å². The van der Waals surface area contributed by atoms with Crippen LogP contribution in [0.15, 0.2) is 54.6 Å². The van der Waals surface area contributed by atoms with E-state index in [4.69, 9.17) is 0 Å². The van der Waals surface area contributed by atoms with Crippen LogP contribution in [0.2, 0.25) is 0 Å². The van der Waals surface area contributed by atoms with E-state index in [1.807, 2.05) is 32.0 Å². The van der Waals surface area contributed by atoms with Crippen molar-refractivity contribution in [1.82, 2.24) is 0 Å². The first-order valence-corrected chi connectivity index (χ1v) is 7.22. The zero-order chi connectivity index (χ0) is 14.5. The van der Waals surface area contributed by atoms with Crippen LogP contribution in [0, 0.1) is 12.8 Å². The SMILES string of the molecule is Cc1ccc([C@@H](CC(=O)C(C)C)c2ccccc2)cc1. The highest BCUT2D eigenvalue weighted by atomic mass is 16.1. The molecule has 0 aliphatic rings. The Labute approximate surface area is 121 Å². The molecular weight excluding hydrogens is 244 g/mol. The number of carbonyl (C=O) groups is 1. The Morgan fingerprint density at radius 1 is 0.900 bits per heavy atom. The molecule has 104 valence electrons. The fourth-order valence-electron chi connectivity index (χ4n) is 2.35. The molecule has 0 unspecified atom stereocenters. The third kappa shape index (κ3) is 3.57. The third-order valence-corrected chi connectivity index (χ3v) is 3.73. The molecule has 0 spiro atoms. The Bertz CT molecular complexity index is 552. The Morgan fingerprint density at radius 2 is 1.45 bits per heavy atom. The molecule has 0 aliphatic heterocycles. The molecule has 0 aromatic heterocycles. The van der Waals surface area contributed by atoms with E-state index in [-0.39, 0.29) is 11.8 Å². The number of benzene rings is 2. The molecule has 0 N–H and O–H groups in total. The van der Waals surface area contributed by atoms with Gasteiger partial charge in [-0.2, -0.15) is 0 Å². The van der Waals surface area contributed by atoms with Crippen LogP contribution in [0.5, 0.6) is 0 Å². The third-order valence-electron chi connectivity index (χ3n) is 3.73. The van der Waals surface area contributed by atoms with Crippen molar-refractivity contribution in [3.8, 4) is 0 Å². The Hall–Kier alpha value is -1.89. The maximum atomic E-state index is 12.2. The van der Waals surface area contributed by atoms with Gasteiger partial charge in [-0.15, -0.1) is 0 Å². The van der Waals surface area contributed by atoms with Gasteiger partial charge in [-0.05, 0) is 18.1 Å². The van der Waals surface area contributed by atoms with E-state index in [0.717, 1.165) is 0 Å². The summed E-state index contributed by atoms with van der Waals surface area (Å²) in [6.07, 6.45) is 0.574. The summed E-state index contributed by atoms with van der Waals surface area (Å²) in [5.41, 5.74) is 3.68. The minimum absolute atomic E-state index is 0.0895. The van der Waals surface area contributed by atoms with Gasteiger partial charge < -0.3 is 0 Å². The molecule has 1 heteroatoms. The van der Waals surface area contributed by atoms with Gasteiger partial charge in [0.15, 0.2) is 0 Å². The van der Waals surface area contributed by atoms with Crippen molar-refractivity contribution in [1.29, 1.82) is 0 Å². The average Bonchev–Trinajstić information content (AvgIpc) is 2.46. The quantitative estimate of drug-likeness (QED) is 0.763. The zero-order valence-corrected chi connectivity index (χ0v) is 12.5. The Kier molecular flexibility index (Phi) is 4.73. The second kappa shape index (κ2) is 6.51. The van der Waals surface area contributed by atoms with Crippen LogP contribution in [-0.2, 0) is 4.79 Å². The van der Waals surface area contributed by atoms with Crippen LogP contribution in [-0.4, -0.2) is 5.78 Å². The Morgan fingerprint density at radius 3 is 2.00 bits per heavy atom. The zero-order valence-electron chi connectivity index (χ0n) is 12.5. The largest absolute Gasteiger partial charge is 0.299 e. The predicted octanol–water partition coefficient (Wildman–Crippen LogP) is 4.74.